The molecule has 0 saturated carbocycles. The predicted octanol–water partition coefficient (Wildman–Crippen LogP) is 2.92. The normalized spacial score (nSPS) is 10.6. The number of carbonyl (C=O) groups excluding carboxylic acids is 3. The first-order chi connectivity index (χ1) is 10.8. The summed E-state index contributed by atoms with van der Waals surface area (Å²) >= 11 is 1.12. The highest BCUT2D eigenvalue weighted by atomic mass is 32.1. The molecule has 1 heterocycles. The third-order valence-electron chi connectivity index (χ3n) is 3.54. The summed E-state index contributed by atoms with van der Waals surface area (Å²) in [6.07, 6.45) is 0. The van der Waals surface area contributed by atoms with E-state index in [2.05, 4.69) is 5.32 Å². The van der Waals surface area contributed by atoms with Crippen LogP contribution in [0.15, 0.2) is 0 Å². The number of anilines is 1. The van der Waals surface area contributed by atoms with Crippen molar-refractivity contribution in [3.63, 3.8) is 0 Å². The molecule has 7 heteroatoms. The predicted molar refractivity (Wildman–Crippen MR) is 91.1 cm³/mol. The van der Waals surface area contributed by atoms with Gasteiger partial charge in [-0.2, -0.15) is 0 Å². The number of nitrogens with zero attached hydrogens (tertiary/aromatic N) is 1. The van der Waals surface area contributed by atoms with E-state index < -0.39 is 5.97 Å². The lowest BCUT2D eigenvalue weighted by Gasteiger charge is -2.17. The fourth-order valence-corrected chi connectivity index (χ4v) is 3.23. The molecular formula is C16H24N2O4S. The number of ether oxygens (including phenoxy) is 1. The highest BCUT2D eigenvalue weighted by Gasteiger charge is 2.28. The first kappa shape index (κ1) is 19.2. The summed E-state index contributed by atoms with van der Waals surface area (Å²) in [4.78, 5) is 38.7. The molecule has 0 atom stereocenters. The van der Waals surface area contributed by atoms with Crippen LogP contribution in [-0.4, -0.2) is 42.9 Å². The van der Waals surface area contributed by atoms with Gasteiger partial charge in [0.25, 0.3) is 5.91 Å². The van der Waals surface area contributed by atoms with Crippen LogP contribution in [0.5, 0.6) is 0 Å². The Labute approximate surface area is 140 Å². The van der Waals surface area contributed by atoms with Crippen LogP contribution in [0.25, 0.3) is 0 Å². The van der Waals surface area contributed by atoms with Crippen molar-refractivity contribution in [3.05, 3.63) is 16.0 Å². The highest BCUT2D eigenvalue weighted by Crippen LogP contribution is 2.34. The van der Waals surface area contributed by atoms with E-state index in [-0.39, 0.29) is 23.3 Å². The zero-order valence-corrected chi connectivity index (χ0v) is 15.3. The van der Waals surface area contributed by atoms with Crippen LogP contribution in [0.4, 0.5) is 5.00 Å². The largest absolute Gasteiger partial charge is 0.465 e. The van der Waals surface area contributed by atoms with Gasteiger partial charge in [0.2, 0.25) is 5.91 Å². The third kappa shape index (κ3) is 4.10. The minimum absolute atomic E-state index is 0.146. The van der Waals surface area contributed by atoms with Crippen LogP contribution in [0.3, 0.4) is 0 Å². The lowest BCUT2D eigenvalue weighted by atomic mass is 10.1. The molecule has 0 unspecified atom stereocenters. The van der Waals surface area contributed by atoms with Gasteiger partial charge in [-0.3, -0.25) is 9.59 Å². The zero-order valence-electron chi connectivity index (χ0n) is 14.5. The second-order valence-corrected chi connectivity index (χ2v) is 6.39. The molecule has 0 aliphatic heterocycles. The second-order valence-electron chi connectivity index (χ2n) is 5.37. The van der Waals surface area contributed by atoms with E-state index in [1.807, 2.05) is 13.8 Å². The van der Waals surface area contributed by atoms with Gasteiger partial charge < -0.3 is 15.0 Å². The molecule has 0 saturated heterocycles. The Morgan fingerprint density at radius 3 is 2.22 bits per heavy atom. The van der Waals surface area contributed by atoms with Gasteiger partial charge in [-0.1, -0.05) is 13.8 Å². The van der Waals surface area contributed by atoms with Crippen molar-refractivity contribution in [2.24, 2.45) is 5.92 Å². The molecular weight excluding hydrogens is 316 g/mol. The minimum Gasteiger partial charge on any atom is -0.465 e. The van der Waals surface area contributed by atoms with Crippen LogP contribution < -0.4 is 5.32 Å². The second kappa shape index (κ2) is 8.10. The standard InChI is InChI=1S/C16H24N2O4S/c1-7-18(8-2)15(20)12-10(5)11(16(21)22-6)14(23-12)17-13(19)9(3)4/h9H,7-8H2,1-6H3,(H,17,19). The van der Waals surface area contributed by atoms with E-state index in [0.717, 1.165) is 11.3 Å². The van der Waals surface area contributed by atoms with Crippen molar-refractivity contribution in [2.75, 3.05) is 25.5 Å². The first-order valence-electron chi connectivity index (χ1n) is 7.60. The molecule has 23 heavy (non-hydrogen) atoms. The number of amides is 2. The van der Waals surface area contributed by atoms with Crippen LogP contribution >= 0.6 is 11.3 Å². The number of carbonyl (C=O) groups is 3. The van der Waals surface area contributed by atoms with Crippen LogP contribution in [-0.2, 0) is 9.53 Å². The maximum Gasteiger partial charge on any atom is 0.341 e. The van der Waals surface area contributed by atoms with Crippen molar-refractivity contribution in [2.45, 2.75) is 34.6 Å². The van der Waals surface area contributed by atoms with E-state index in [0.29, 0.717) is 28.5 Å². The first-order valence-corrected chi connectivity index (χ1v) is 8.41. The van der Waals surface area contributed by atoms with Gasteiger partial charge >= 0.3 is 5.97 Å². The molecule has 6 nitrogen and oxygen atoms in total. The fourth-order valence-electron chi connectivity index (χ4n) is 2.06. The van der Waals surface area contributed by atoms with Crippen molar-refractivity contribution < 1.29 is 19.1 Å². The van der Waals surface area contributed by atoms with Crippen LogP contribution in [0.1, 0.15) is 53.3 Å². The quantitative estimate of drug-likeness (QED) is 0.808. The maximum atomic E-state index is 12.6. The number of hydrogen-bond acceptors (Lipinski definition) is 5. The van der Waals surface area contributed by atoms with Crippen LogP contribution in [0.2, 0.25) is 0 Å². The molecule has 0 bridgehead atoms. The molecule has 0 aromatic carbocycles. The number of esters is 1. The molecule has 128 valence electrons. The number of hydrogen-bond donors (Lipinski definition) is 1. The summed E-state index contributed by atoms with van der Waals surface area (Å²) in [6.45, 7) is 10.2. The van der Waals surface area contributed by atoms with Gasteiger partial charge in [-0.05, 0) is 26.3 Å². The molecule has 1 aromatic rings. The summed E-state index contributed by atoms with van der Waals surface area (Å²) in [7, 11) is 1.28. The lowest BCUT2D eigenvalue weighted by molar-refractivity contribution is -0.118. The average molecular weight is 340 g/mol. The Morgan fingerprint density at radius 2 is 1.78 bits per heavy atom. The van der Waals surface area contributed by atoms with E-state index in [1.165, 1.54) is 7.11 Å². The van der Waals surface area contributed by atoms with Crippen molar-refractivity contribution in [3.8, 4) is 0 Å². The molecule has 0 spiro atoms. The molecule has 0 aliphatic carbocycles. The Hall–Kier alpha value is -1.89. The molecule has 1 rings (SSSR count). The fraction of sp³-hybridized carbons (Fsp3) is 0.562. The monoisotopic (exact) mass is 340 g/mol. The maximum absolute atomic E-state index is 12.6. The van der Waals surface area contributed by atoms with Crippen molar-refractivity contribution >= 4 is 34.1 Å². The number of thiophene rings is 1. The summed E-state index contributed by atoms with van der Waals surface area (Å²) in [5, 5.41) is 3.09. The summed E-state index contributed by atoms with van der Waals surface area (Å²) in [5.74, 6) is -1.15. The molecule has 1 N–H and O–H groups in total. The average Bonchev–Trinajstić information content (AvgIpc) is 2.83. The number of rotatable bonds is 6. The summed E-state index contributed by atoms with van der Waals surface area (Å²) in [5.41, 5.74) is 0.791. The Balaban J connectivity index is 3.35. The van der Waals surface area contributed by atoms with Gasteiger partial charge in [-0.25, -0.2) is 4.79 Å². The Kier molecular flexibility index (Phi) is 6.75. The SMILES string of the molecule is CCN(CC)C(=O)c1sc(NC(=O)C(C)C)c(C(=O)OC)c1C. The topological polar surface area (TPSA) is 75.7 Å². The van der Waals surface area contributed by atoms with Gasteiger partial charge in [0.05, 0.1) is 17.6 Å². The zero-order chi connectivity index (χ0) is 17.7. The third-order valence-corrected chi connectivity index (χ3v) is 4.74. The van der Waals surface area contributed by atoms with Gasteiger partial charge in [0.15, 0.2) is 0 Å². The number of methoxy groups -OCH3 is 1. The Morgan fingerprint density at radius 1 is 1.22 bits per heavy atom. The lowest BCUT2D eigenvalue weighted by Crippen LogP contribution is -2.30. The molecule has 0 fully saturated rings. The summed E-state index contributed by atoms with van der Waals surface area (Å²) in [6, 6.07) is 0. The van der Waals surface area contributed by atoms with Gasteiger partial charge in [0.1, 0.15) is 5.00 Å². The smallest absolute Gasteiger partial charge is 0.341 e. The van der Waals surface area contributed by atoms with E-state index in [4.69, 9.17) is 4.74 Å². The van der Waals surface area contributed by atoms with Crippen LogP contribution in [0, 0.1) is 12.8 Å². The molecule has 0 radical (unpaired) electrons. The number of nitrogens with one attached hydrogen (secondary N) is 1. The molecule has 2 amide bonds. The van der Waals surface area contributed by atoms with Gasteiger partial charge in [-0.15, -0.1) is 11.3 Å². The van der Waals surface area contributed by atoms with E-state index in [1.54, 1.807) is 25.7 Å². The highest BCUT2D eigenvalue weighted by molar-refractivity contribution is 7.18. The van der Waals surface area contributed by atoms with E-state index in [9.17, 15) is 14.4 Å². The van der Waals surface area contributed by atoms with Crippen molar-refractivity contribution in [1.29, 1.82) is 0 Å². The Bertz CT molecular complexity index is 603. The van der Waals surface area contributed by atoms with E-state index >= 15 is 0 Å². The van der Waals surface area contributed by atoms with Crippen molar-refractivity contribution in [1.82, 2.24) is 4.90 Å². The molecule has 1 aromatic heterocycles. The summed E-state index contributed by atoms with van der Waals surface area (Å²) < 4.78 is 4.80. The molecule has 0 aliphatic rings. The minimum atomic E-state index is -0.559. The van der Waals surface area contributed by atoms with Gasteiger partial charge in [0, 0.05) is 19.0 Å².